The van der Waals surface area contributed by atoms with Crippen LogP contribution in [0.3, 0.4) is 0 Å². The van der Waals surface area contributed by atoms with E-state index < -0.39 is 26.7 Å². The van der Waals surface area contributed by atoms with Crippen molar-refractivity contribution in [3.05, 3.63) is 63.5 Å². The number of hydrogen-bond donors (Lipinski definition) is 0. The van der Waals surface area contributed by atoms with E-state index in [4.69, 9.17) is 32.7 Å². The van der Waals surface area contributed by atoms with Crippen LogP contribution in [0.25, 0.3) is 10.9 Å². The van der Waals surface area contributed by atoms with Crippen molar-refractivity contribution in [2.75, 3.05) is 26.3 Å². The zero-order valence-corrected chi connectivity index (χ0v) is 19.1. The van der Waals surface area contributed by atoms with Crippen LogP contribution < -0.4 is 4.74 Å². The normalized spacial score (nSPS) is 15.1. The maximum atomic E-state index is 14.4. The predicted octanol–water partition coefficient (Wildman–Crippen LogP) is 4.23. The molecule has 2 aromatic carbocycles. The molecule has 0 N–H and O–H groups in total. The van der Waals surface area contributed by atoms with Crippen LogP contribution in [0.15, 0.2) is 41.3 Å². The second kappa shape index (κ2) is 8.92. The van der Waals surface area contributed by atoms with Crippen molar-refractivity contribution >= 4 is 50.1 Å². The monoisotopic (exact) mass is 498 g/mol. The van der Waals surface area contributed by atoms with Crippen LogP contribution in [0, 0.1) is 12.7 Å². The molecule has 0 radical (unpaired) electrons. The van der Waals surface area contributed by atoms with E-state index >= 15 is 0 Å². The number of aromatic nitrogens is 1. The SMILES string of the molecule is Cc1ccc2c(Cl)cc(Cl)c(OC(=O)c3ccc(F)c(S(=O)(=O)N4CCOCC4)c3)c2n1. The molecule has 2 heterocycles. The van der Waals surface area contributed by atoms with Crippen molar-refractivity contribution in [3.8, 4) is 5.75 Å². The topological polar surface area (TPSA) is 85.8 Å². The Balaban J connectivity index is 1.71. The Kier molecular flexibility index (Phi) is 6.37. The minimum absolute atomic E-state index is 0.0262. The highest BCUT2D eigenvalue weighted by Crippen LogP contribution is 2.37. The molecule has 1 aromatic heterocycles. The highest BCUT2D eigenvalue weighted by Gasteiger charge is 2.30. The summed E-state index contributed by atoms with van der Waals surface area (Å²) in [6.07, 6.45) is 0. The molecule has 4 rings (SSSR count). The van der Waals surface area contributed by atoms with Crippen LogP contribution in [-0.2, 0) is 14.8 Å². The molecule has 0 aliphatic carbocycles. The molecule has 1 saturated heterocycles. The van der Waals surface area contributed by atoms with Gasteiger partial charge in [0.25, 0.3) is 0 Å². The molecular weight excluding hydrogens is 482 g/mol. The van der Waals surface area contributed by atoms with Gasteiger partial charge in [-0.05, 0) is 43.3 Å². The van der Waals surface area contributed by atoms with Gasteiger partial charge in [-0.15, -0.1) is 0 Å². The molecule has 0 amide bonds. The number of fused-ring (bicyclic) bond motifs is 1. The van der Waals surface area contributed by atoms with Crippen molar-refractivity contribution < 1.29 is 27.1 Å². The summed E-state index contributed by atoms with van der Waals surface area (Å²) < 4.78 is 51.9. The van der Waals surface area contributed by atoms with E-state index in [-0.39, 0.29) is 48.2 Å². The summed E-state index contributed by atoms with van der Waals surface area (Å²) >= 11 is 12.5. The number of rotatable bonds is 4. The minimum Gasteiger partial charge on any atom is -0.419 e. The highest BCUT2D eigenvalue weighted by atomic mass is 35.5. The van der Waals surface area contributed by atoms with Gasteiger partial charge in [-0.3, -0.25) is 0 Å². The lowest BCUT2D eigenvalue weighted by Gasteiger charge is -2.26. The summed E-state index contributed by atoms with van der Waals surface area (Å²) in [6.45, 7) is 2.35. The molecule has 0 bridgehead atoms. The Hall–Kier alpha value is -2.30. The number of benzene rings is 2. The van der Waals surface area contributed by atoms with E-state index in [1.165, 1.54) is 6.07 Å². The molecular formula is C21H17Cl2FN2O5S. The molecule has 1 aliphatic heterocycles. The van der Waals surface area contributed by atoms with Gasteiger partial charge in [-0.2, -0.15) is 4.31 Å². The first-order valence-corrected chi connectivity index (χ1v) is 11.7. The lowest BCUT2D eigenvalue weighted by Crippen LogP contribution is -2.41. The average Bonchev–Trinajstić information content (AvgIpc) is 2.77. The van der Waals surface area contributed by atoms with Gasteiger partial charge in [0, 0.05) is 24.2 Å². The predicted molar refractivity (Wildman–Crippen MR) is 117 cm³/mol. The number of hydrogen-bond acceptors (Lipinski definition) is 6. The standard InChI is InChI=1S/C21H17Cl2FN2O5S/c1-12-2-4-14-15(22)11-16(23)20(19(14)25-12)31-21(27)13-3-5-17(24)18(10-13)32(28,29)26-6-8-30-9-7-26/h2-5,10-11H,6-9H2,1H3. The van der Waals surface area contributed by atoms with Gasteiger partial charge in [-0.1, -0.05) is 23.2 Å². The van der Waals surface area contributed by atoms with Gasteiger partial charge in [0.2, 0.25) is 10.0 Å². The van der Waals surface area contributed by atoms with Gasteiger partial charge in [0.1, 0.15) is 16.2 Å². The quantitative estimate of drug-likeness (QED) is 0.395. The second-order valence-corrected chi connectivity index (χ2v) is 9.79. The molecule has 32 heavy (non-hydrogen) atoms. The summed E-state index contributed by atoms with van der Waals surface area (Å²) in [7, 11) is -4.16. The largest absolute Gasteiger partial charge is 0.419 e. The van der Waals surface area contributed by atoms with Crippen molar-refractivity contribution in [1.82, 2.24) is 9.29 Å². The fraction of sp³-hybridized carbons (Fsp3) is 0.238. The lowest BCUT2D eigenvalue weighted by atomic mass is 10.2. The van der Waals surface area contributed by atoms with E-state index in [2.05, 4.69) is 4.98 Å². The zero-order chi connectivity index (χ0) is 23.0. The Bertz CT molecular complexity index is 1330. The van der Waals surface area contributed by atoms with Gasteiger partial charge in [0.15, 0.2) is 5.75 Å². The van der Waals surface area contributed by atoms with Crippen molar-refractivity contribution in [3.63, 3.8) is 0 Å². The van der Waals surface area contributed by atoms with Crippen LogP contribution in [0.2, 0.25) is 10.0 Å². The smallest absolute Gasteiger partial charge is 0.343 e. The maximum absolute atomic E-state index is 14.4. The first kappa shape index (κ1) is 22.9. The summed E-state index contributed by atoms with van der Waals surface area (Å²) in [4.78, 5) is 16.6. The molecule has 0 saturated carbocycles. The van der Waals surface area contributed by atoms with Crippen molar-refractivity contribution in [2.24, 2.45) is 0 Å². The Labute approximate surface area is 193 Å². The third-order valence-electron chi connectivity index (χ3n) is 4.93. The van der Waals surface area contributed by atoms with Crippen LogP contribution in [0.5, 0.6) is 5.75 Å². The van der Waals surface area contributed by atoms with Crippen LogP contribution in [0.1, 0.15) is 16.1 Å². The van der Waals surface area contributed by atoms with E-state index in [0.29, 0.717) is 16.1 Å². The molecule has 168 valence electrons. The van der Waals surface area contributed by atoms with E-state index in [9.17, 15) is 17.6 Å². The third-order valence-corrected chi connectivity index (χ3v) is 7.43. The van der Waals surface area contributed by atoms with E-state index in [0.717, 1.165) is 22.5 Å². The number of carbonyl (C=O) groups excluding carboxylic acids is 1. The van der Waals surface area contributed by atoms with E-state index in [1.54, 1.807) is 19.1 Å². The number of ether oxygens (including phenoxy) is 2. The fourth-order valence-corrected chi connectivity index (χ4v) is 5.35. The molecule has 0 atom stereocenters. The number of halogens is 3. The molecule has 0 spiro atoms. The van der Waals surface area contributed by atoms with Crippen LogP contribution in [-0.4, -0.2) is 50.0 Å². The van der Waals surface area contributed by atoms with Gasteiger partial charge in [0.05, 0.1) is 28.8 Å². The molecule has 7 nitrogen and oxygen atoms in total. The number of carbonyl (C=O) groups is 1. The maximum Gasteiger partial charge on any atom is 0.343 e. The molecule has 3 aromatic rings. The molecule has 11 heteroatoms. The number of morpholine rings is 1. The molecule has 0 unspecified atom stereocenters. The summed E-state index contributed by atoms with van der Waals surface area (Å²) in [5, 5.41) is 0.911. The number of nitrogens with zero attached hydrogens (tertiary/aromatic N) is 2. The number of sulfonamides is 1. The Morgan fingerprint density at radius 1 is 1.12 bits per heavy atom. The van der Waals surface area contributed by atoms with Gasteiger partial charge in [-0.25, -0.2) is 22.6 Å². The first-order chi connectivity index (χ1) is 15.2. The number of esters is 1. The summed E-state index contributed by atoms with van der Waals surface area (Å²) in [5.74, 6) is -1.92. The second-order valence-electron chi connectivity index (χ2n) is 7.07. The average molecular weight is 499 g/mol. The fourth-order valence-electron chi connectivity index (χ4n) is 3.29. The van der Waals surface area contributed by atoms with Crippen molar-refractivity contribution in [2.45, 2.75) is 11.8 Å². The molecule has 1 aliphatic rings. The van der Waals surface area contributed by atoms with Gasteiger partial charge < -0.3 is 9.47 Å². The third kappa shape index (κ3) is 4.31. The summed E-state index contributed by atoms with van der Waals surface area (Å²) in [6, 6.07) is 7.89. The molecule has 1 fully saturated rings. The van der Waals surface area contributed by atoms with Crippen LogP contribution >= 0.6 is 23.2 Å². The van der Waals surface area contributed by atoms with Crippen LogP contribution in [0.4, 0.5) is 4.39 Å². The minimum atomic E-state index is -4.16. The summed E-state index contributed by atoms with van der Waals surface area (Å²) in [5.41, 5.74) is 0.762. The highest BCUT2D eigenvalue weighted by molar-refractivity contribution is 7.89. The lowest BCUT2D eigenvalue weighted by molar-refractivity contribution is 0.0726. The van der Waals surface area contributed by atoms with Gasteiger partial charge >= 0.3 is 5.97 Å². The number of pyridine rings is 1. The Morgan fingerprint density at radius 3 is 2.56 bits per heavy atom. The van der Waals surface area contributed by atoms with E-state index in [1.807, 2.05) is 0 Å². The Morgan fingerprint density at radius 2 is 1.84 bits per heavy atom. The zero-order valence-electron chi connectivity index (χ0n) is 16.8. The van der Waals surface area contributed by atoms with Crippen molar-refractivity contribution in [1.29, 1.82) is 0 Å². The number of aryl methyl sites for hydroxylation is 1. The first-order valence-electron chi connectivity index (χ1n) is 9.53.